The number of likely N-dealkylation sites (tertiary alicyclic amines) is 1. The van der Waals surface area contributed by atoms with E-state index in [0.29, 0.717) is 17.5 Å². The number of benzene rings is 1. The van der Waals surface area contributed by atoms with Crippen LogP contribution in [0.25, 0.3) is 0 Å². The van der Waals surface area contributed by atoms with Crippen LogP contribution in [0, 0.1) is 30.6 Å². The Bertz CT molecular complexity index is 1310. The zero-order valence-electron chi connectivity index (χ0n) is 22.7. The number of anilines is 1. The van der Waals surface area contributed by atoms with Gasteiger partial charge in [0.1, 0.15) is 11.6 Å². The van der Waals surface area contributed by atoms with Gasteiger partial charge in [-0.1, -0.05) is 57.0 Å². The largest absolute Gasteiger partial charge is 0.359 e. The van der Waals surface area contributed by atoms with Crippen LogP contribution in [0.3, 0.4) is 0 Å². The molecule has 8 atom stereocenters. The number of pyridine rings is 1. The fraction of sp³-hybridized carbons (Fsp3) is 0.484. The highest BCUT2D eigenvalue weighted by molar-refractivity contribution is 6.02. The van der Waals surface area contributed by atoms with Crippen molar-refractivity contribution in [1.29, 1.82) is 0 Å². The van der Waals surface area contributed by atoms with Crippen LogP contribution in [0.4, 0.5) is 5.69 Å². The fourth-order valence-electron chi connectivity index (χ4n) is 7.12. The van der Waals surface area contributed by atoms with Gasteiger partial charge in [0, 0.05) is 30.7 Å². The lowest BCUT2D eigenvalue weighted by Crippen LogP contribution is -2.57. The van der Waals surface area contributed by atoms with Gasteiger partial charge in [0.2, 0.25) is 17.7 Å². The molecule has 2 bridgehead atoms. The summed E-state index contributed by atoms with van der Waals surface area (Å²) in [5, 5.41) is 6.29. The number of ether oxygens (including phenoxy) is 1. The predicted octanol–water partition coefficient (Wildman–Crippen LogP) is 3.62. The first-order valence-corrected chi connectivity index (χ1v) is 14.0. The molecule has 8 heteroatoms. The van der Waals surface area contributed by atoms with Gasteiger partial charge in [-0.3, -0.25) is 19.4 Å². The second-order valence-electron chi connectivity index (χ2n) is 11.8. The van der Waals surface area contributed by atoms with Gasteiger partial charge in [-0.2, -0.15) is 0 Å². The molecule has 8 nitrogen and oxygen atoms in total. The van der Waals surface area contributed by atoms with Gasteiger partial charge in [-0.05, 0) is 54.5 Å². The number of nitrogens with one attached hydrogen (secondary N) is 2. The van der Waals surface area contributed by atoms with E-state index in [0.717, 1.165) is 30.4 Å². The smallest absolute Gasteiger partial charge is 0.246 e. The molecular formula is C31H36N4O4. The number of nitrogens with zero attached hydrogens (tertiary/aromatic N) is 2. The van der Waals surface area contributed by atoms with Crippen molar-refractivity contribution >= 4 is 23.4 Å². The average Bonchev–Trinajstić information content (AvgIpc) is 3.55. The highest BCUT2D eigenvalue weighted by Gasteiger charge is 2.72. The fourth-order valence-corrected chi connectivity index (χ4v) is 7.12. The van der Waals surface area contributed by atoms with Crippen LogP contribution in [0.5, 0.6) is 0 Å². The summed E-state index contributed by atoms with van der Waals surface area (Å²) in [5.74, 6) is -1.39. The molecule has 3 aliphatic heterocycles. The third-order valence-electron chi connectivity index (χ3n) is 9.32. The highest BCUT2D eigenvalue weighted by atomic mass is 16.5. The van der Waals surface area contributed by atoms with Crippen molar-refractivity contribution in [3.05, 3.63) is 72.1 Å². The van der Waals surface area contributed by atoms with Crippen LogP contribution >= 0.6 is 0 Å². The Morgan fingerprint density at radius 1 is 1.15 bits per heavy atom. The molecule has 4 aliphatic rings. The predicted molar refractivity (Wildman–Crippen MR) is 146 cm³/mol. The minimum absolute atomic E-state index is 0.0371. The van der Waals surface area contributed by atoms with Gasteiger partial charge in [-0.25, -0.2) is 0 Å². The molecule has 3 fully saturated rings. The Hall–Kier alpha value is -3.52. The molecule has 1 aromatic heterocycles. The number of rotatable bonds is 6. The van der Waals surface area contributed by atoms with Crippen molar-refractivity contribution in [3.63, 3.8) is 0 Å². The Morgan fingerprint density at radius 3 is 2.77 bits per heavy atom. The Balaban J connectivity index is 1.33. The summed E-state index contributed by atoms with van der Waals surface area (Å²) in [4.78, 5) is 47.7. The number of hydrogen-bond donors (Lipinski definition) is 2. The van der Waals surface area contributed by atoms with E-state index in [9.17, 15) is 14.4 Å². The van der Waals surface area contributed by atoms with Crippen LogP contribution in [0.15, 0.2) is 60.9 Å². The number of fused-ring (bicyclic) bond motifs is 1. The molecule has 0 radical (unpaired) electrons. The Morgan fingerprint density at radius 2 is 2.00 bits per heavy atom. The van der Waals surface area contributed by atoms with E-state index in [2.05, 4.69) is 29.5 Å². The molecule has 1 aromatic carbocycles. The van der Waals surface area contributed by atoms with Crippen molar-refractivity contribution in [1.82, 2.24) is 15.2 Å². The number of amides is 3. The summed E-state index contributed by atoms with van der Waals surface area (Å²) in [6.45, 7) is 6.59. The molecule has 1 spiro atoms. The molecule has 4 heterocycles. The number of carbonyl (C=O) groups is 3. The highest BCUT2D eigenvalue weighted by Crippen LogP contribution is 2.55. The lowest BCUT2D eigenvalue weighted by molar-refractivity contribution is -0.142. The maximum Gasteiger partial charge on any atom is 0.246 e. The minimum Gasteiger partial charge on any atom is -0.359 e. The summed E-state index contributed by atoms with van der Waals surface area (Å²) >= 11 is 0. The summed E-state index contributed by atoms with van der Waals surface area (Å²) in [7, 11) is 0. The van der Waals surface area contributed by atoms with Crippen molar-refractivity contribution in [2.45, 2.75) is 70.4 Å². The third-order valence-corrected chi connectivity index (χ3v) is 9.32. The van der Waals surface area contributed by atoms with Crippen molar-refractivity contribution in [3.8, 4) is 0 Å². The normalized spacial score (nSPS) is 34.7. The maximum absolute atomic E-state index is 14.2. The zero-order valence-corrected chi connectivity index (χ0v) is 22.7. The third kappa shape index (κ3) is 4.35. The van der Waals surface area contributed by atoms with Gasteiger partial charge < -0.3 is 20.3 Å². The van der Waals surface area contributed by atoms with Gasteiger partial charge >= 0.3 is 0 Å². The second-order valence-corrected chi connectivity index (χ2v) is 11.8. The Kier molecular flexibility index (Phi) is 6.53. The first-order chi connectivity index (χ1) is 18.8. The standard InChI is InChI=1S/C31H36N4O4/c1-18-7-4-10-22(15-18)33-28(36)25-24-12-13-31(39-24)26(25)30(38)35(17-21-9-6-14-32-16-21)27(31)29(37)34-23-11-5-8-19(2)20(23)3/h4,6-7,9-10,12-16,19-20,23-27H,5,8,11,17H2,1-3H3,(H,33,36)(H,34,37)/t19?,20?,23?,24-,25?,26-,27?,31?/m1/s1. The zero-order chi connectivity index (χ0) is 27.3. The van der Waals surface area contributed by atoms with E-state index in [-0.39, 0.29) is 30.3 Å². The van der Waals surface area contributed by atoms with E-state index in [1.165, 1.54) is 0 Å². The van der Waals surface area contributed by atoms with Crippen LogP contribution in [0.2, 0.25) is 0 Å². The lowest BCUT2D eigenvalue weighted by atomic mass is 9.73. The molecule has 2 saturated heterocycles. The molecule has 6 unspecified atom stereocenters. The first-order valence-electron chi connectivity index (χ1n) is 14.0. The summed E-state index contributed by atoms with van der Waals surface area (Å²) in [6, 6.07) is 10.4. The maximum atomic E-state index is 14.2. The van der Waals surface area contributed by atoms with Crippen molar-refractivity contribution in [2.24, 2.45) is 23.7 Å². The van der Waals surface area contributed by atoms with Gasteiger partial charge in [0.05, 0.1) is 17.9 Å². The van der Waals surface area contributed by atoms with Crippen LogP contribution in [-0.4, -0.2) is 51.4 Å². The molecular weight excluding hydrogens is 492 g/mol. The van der Waals surface area contributed by atoms with E-state index in [1.807, 2.05) is 55.5 Å². The summed E-state index contributed by atoms with van der Waals surface area (Å²) < 4.78 is 6.48. The molecule has 2 aromatic rings. The summed E-state index contributed by atoms with van der Waals surface area (Å²) in [6.07, 6.45) is 9.66. The quantitative estimate of drug-likeness (QED) is 0.558. The van der Waals surface area contributed by atoms with Crippen LogP contribution in [0.1, 0.15) is 44.2 Å². The minimum atomic E-state index is -1.19. The van der Waals surface area contributed by atoms with Crippen LogP contribution in [-0.2, 0) is 25.7 Å². The molecule has 1 aliphatic carbocycles. The van der Waals surface area contributed by atoms with E-state index in [4.69, 9.17) is 4.74 Å². The Labute approximate surface area is 229 Å². The average molecular weight is 529 g/mol. The number of hydrogen-bond acceptors (Lipinski definition) is 5. The van der Waals surface area contributed by atoms with Crippen LogP contribution < -0.4 is 10.6 Å². The lowest BCUT2D eigenvalue weighted by Gasteiger charge is -2.38. The van der Waals surface area contributed by atoms with E-state index < -0.39 is 29.6 Å². The van der Waals surface area contributed by atoms with Gasteiger partial charge in [0.25, 0.3) is 0 Å². The van der Waals surface area contributed by atoms with E-state index >= 15 is 0 Å². The SMILES string of the molecule is Cc1cccc(NC(=O)C2[C@H]3C=CC4(O3)C(C(=O)NC3CCCC(C)C3C)N(Cc3cccnc3)C(=O)[C@@H]24)c1. The number of aromatic nitrogens is 1. The molecule has 39 heavy (non-hydrogen) atoms. The molecule has 1 saturated carbocycles. The molecule has 3 amide bonds. The topological polar surface area (TPSA) is 101 Å². The second kappa shape index (κ2) is 9.90. The van der Waals surface area contributed by atoms with Crippen molar-refractivity contribution < 1.29 is 19.1 Å². The van der Waals surface area contributed by atoms with E-state index in [1.54, 1.807) is 17.3 Å². The van der Waals surface area contributed by atoms with Gasteiger partial charge in [0.15, 0.2) is 0 Å². The number of carbonyl (C=O) groups excluding carboxylic acids is 3. The molecule has 2 N–H and O–H groups in total. The summed E-state index contributed by atoms with van der Waals surface area (Å²) in [5.41, 5.74) is 1.33. The monoisotopic (exact) mass is 528 g/mol. The first kappa shape index (κ1) is 25.7. The molecule has 204 valence electrons. The van der Waals surface area contributed by atoms with Gasteiger partial charge in [-0.15, -0.1) is 0 Å². The van der Waals surface area contributed by atoms with Crippen molar-refractivity contribution in [2.75, 3.05) is 5.32 Å². The number of aryl methyl sites for hydroxylation is 1. The molecule has 6 rings (SSSR count).